The highest BCUT2D eigenvalue weighted by Crippen LogP contribution is 2.40. The number of aromatic nitrogens is 1. The van der Waals surface area contributed by atoms with Gasteiger partial charge >= 0.3 is 0 Å². The van der Waals surface area contributed by atoms with Gasteiger partial charge < -0.3 is 9.47 Å². The van der Waals surface area contributed by atoms with Gasteiger partial charge in [0.25, 0.3) is 0 Å². The van der Waals surface area contributed by atoms with Gasteiger partial charge in [-0.3, -0.25) is 0 Å². The molecule has 0 aliphatic rings. The maximum Gasteiger partial charge on any atom is 0.0547 e. The number of benzene rings is 10. The lowest BCUT2D eigenvalue weighted by Crippen LogP contribution is -2.09. The number of rotatable bonds is 8. The number of hydrogen-bond donors (Lipinski definition) is 0. The third-order valence-corrected chi connectivity index (χ3v) is 11.8. The number of para-hydroxylation sites is 1. The molecule has 0 radical (unpaired) electrons. The molecule has 60 heavy (non-hydrogen) atoms. The molecule has 11 rings (SSSR count). The SMILES string of the molecule is c1ccc(-c2ccc(N(c3ccc(-c4ccc(-n5c6ccccc6c6c7ccccc7ccc65)cc4)cc3)c3ccc(-c4ccccc4-c4ccccc4)cc3)cc2)cc1. The van der Waals surface area contributed by atoms with Gasteiger partial charge in [0.15, 0.2) is 0 Å². The Hall–Kier alpha value is -7.94. The molecule has 0 aliphatic heterocycles. The van der Waals surface area contributed by atoms with Crippen LogP contribution in [0.2, 0.25) is 0 Å². The van der Waals surface area contributed by atoms with E-state index in [1.54, 1.807) is 0 Å². The van der Waals surface area contributed by atoms with Crippen molar-refractivity contribution in [3.8, 4) is 50.2 Å². The van der Waals surface area contributed by atoms with Gasteiger partial charge in [0.05, 0.1) is 11.0 Å². The zero-order chi connectivity index (χ0) is 39.8. The second-order valence-corrected chi connectivity index (χ2v) is 15.3. The Labute approximate surface area is 350 Å². The van der Waals surface area contributed by atoms with E-state index < -0.39 is 0 Å². The summed E-state index contributed by atoms with van der Waals surface area (Å²) in [5.41, 5.74) is 16.5. The first-order valence-electron chi connectivity index (χ1n) is 20.6. The van der Waals surface area contributed by atoms with Crippen molar-refractivity contribution < 1.29 is 0 Å². The first-order chi connectivity index (χ1) is 29.8. The quantitative estimate of drug-likeness (QED) is 0.150. The summed E-state index contributed by atoms with van der Waals surface area (Å²) in [6.07, 6.45) is 0. The van der Waals surface area contributed by atoms with Crippen molar-refractivity contribution in [2.45, 2.75) is 0 Å². The molecule has 0 N–H and O–H groups in total. The summed E-state index contributed by atoms with van der Waals surface area (Å²) < 4.78 is 2.40. The number of fused-ring (bicyclic) bond motifs is 5. The Morgan fingerprint density at radius 2 is 0.683 bits per heavy atom. The average Bonchev–Trinajstić information content (AvgIpc) is 3.68. The van der Waals surface area contributed by atoms with E-state index in [1.807, 2.05) is 0 Å². The van der Waals surface area contributed by atoms with E-state index in [-0.39, 0.29) is 0 Å². The topological polar surface area (TPSA) is 8.17 Å². The van der Waals surface area contributed by atoms with Crippen molar-refractivity contribution in [2.75, 3.05) is 4.90 Å². The van der Waals surface area contributed by atoms with Gasteiger partial charge in [0.1, 0.15) is 0 Å². The minimum Gasteiger partial charge on any atom is -0.311 e. The van der Waals surface area contributed by atoms with Crippen LogP contribution in [0.25, 0.3) is 82.8 Å². The summed E-state index contributed by atoms with van der Waals surface area (Å²) in [7, 11) is 0. The van der Waals surface area contributed by atoms with Crippen LogP contribution in [0.15, 0.2) is 243 Å². The molecule has 0 atom stereocenters. The summed E-state index contributed by atoms with van der Waals surface area (Å²) in [6.45, 7) is 0. The Bertz CT molecular complexity index is 3250. The van der Waals surface area contributed by atoms with E-state index in [4.69, 9.17) is 0 Å². The Morgan fingerprint density at radius 1 is 0.267 bits per heavy atom. The lowest BCUT2D eigenvalue weighted by molar-refractivity contribution is 1.18. The van der Waals surface area contributed by atoms with E-state index >= 15 is 0 Å². The van der Waals surface area contributed by atoms with Gasteiger partial charge in [-0.25, -0.2) is 0 Å². The molecule has 1 heterocycles. The molecule has 2 heteroatoms. The molecule has 2 nitrogen and oxygen atoms in total. The van der Waals surface area contributed by atoms with Crippen LogP contribution in [0.5, 0.6) is 0 Å². The summed E-state index contributed by atoms with van der Waals surface area (Å²) in [5.74, 6) is 0. The van der Waals surface area contributed by atoms with Crippen molar-refractivity contribution >= 4 is 49.6 Å². The van der Waals surface area contributed by atoms with Crippen LogP contribution in [-0.2, 0) is 0 Å². The largest absolute Gasteiger partial charge is 0.311 e. The predicted molar refractivity (Wildman–Crippen MR) is 255 cm³/mol. The first-order valence-corrected chi connectivity index (χ1v) is 20.6. The van der Waals surface area contributed by atoms with Crippen LogP contribution in [0.1, 0.15) is 0 Å². The van der Waals surface area contributed by atoms with Gasteiger partial charge in [-0.1, -0.05) is 182 Å². The highest BCUT2D eigenvalue weighted by atomic mass is 15.1. The van der Waals surface area contributed by atoms with Gasteiger partial charge in [0, 0.05) is 33.5 Å². The van der Waals surface area contributed by atoms with Gasteiger partial charge in [-0.05, 0) is 116 Å². The second kappa shape index (κ2) is 15.1. The van der Waals surface area contributed by atoms with E-state index in [9.17, 15) is 0 Å². The molecule has 0 aliphatic carbocycles. The fourth-order valence-corrected chi connectivity index (χ4v) is 8.90. The molecule has 0 bridgehead atoms. The molecule has 0 unspecified atom stereocenters. The Morgan fingerprint density at radius 3 is 1.27 bits per heavy atom. The van der Waals surface area contributed by atoms with Crippen molar-refractivity contribution in [2.24, 2.45) is 0 Å². The van der Waals surface area contributed by atoms with Gasteiger partial charge in [0.2, 0.25) is 0 Å². The monoisotopic (exact) mass is 764 g/mol. The molecule has 1 aromatic heterocycles. The molecule has 0 saturated heterocycles. The maximum atomic E-state index is 2.40. The van der Waals surface area contributed by atoms with Gasteiger partial charge in [-0.15, -0.1) is 0 Å². The fraction of sp³-hybridized carbons (Fsp3) is 0. The molecule has 10 aromatic carbocycles. The summed E-state index contributed by atoms with van der Waals surface area (Å²) in [5, 5.41) is 5.12. The van der Waals surface area contributed by atoms with E-state index in [1.165, 1.54) is 77.1 Å². The van der Waals surface area contributed by atoms with E-state index in [2.05, 4.69) is 252 Å². The molecule has 0 saturated carbocycles. The van der Waals surface area contributed by atoms with Crippen LogP contribution < -0.4 is 4.90 Å². The van der Waals surface area contributed by atoms with Crippen LogP contribution in [0.3, 0.4) is 0 Å². The van der Waals surface area contributed by atoms with Crippen molar-refractivity contribution in [3.63, 3.8) is 0 Å². The third kappa shape index (κ3) is 6.32. The third-order valence-electron chi connectivity index (χ3n) is 11.8. The molecule has 11 aromatic rings. The highest BCUT2D eigenvalue weighted by molar-refractivity contribution is 6.21. The average molecular weight is 765 g/mol. The maximum absolute atomic E-state index is 2.40. The molecule has 0 spiro atoms. The Balaban J connectivity index is 0.942. The molecule has 282 valence electrons. The van der Waals surface area contributed by atoms with E-state index in [0.29, 0.717) is 0 Å². The zero-order valence-corrected chi connectivity index (χ0v) is 33.0. The molecular weight excluding hydrogens is 725 g/mol. The first kappa shape index (κ1) is 35.2. The Kier molecular flexibility index (Phi) is 8.87. The lowest BCUT2D eigenvalue weighted by atomic mass is 9.94. The number of hydrogen-bond acceptors (Lipinski definition) is 1. The lowest BCUT2D eigenvalue weighted by Gasteiger charge is -2.26. The van der Waals surface area contributed by atoms with E-state index in [0.717, 1.165) is 22.7 Å². The molecule has 0 amide bonds. The highest BCUT2D eigenvalue weighted by Gasteiger charge is 2.17. The minimum atomic E-state index is 1.10. The zero-order valence-electron chi connectivity index (χ0n) is 33.0. The number of nitrogens with zero attached hydrogens (tertiary/aromatic N) is 2. The summed E-state index contributed by atoms with van der Waals surface area (Å²) >= 11 is 0. The summed E-state index contributed by atoms with van der Waals surface area (Å²) in [4.78, 5) is 2.35. The van der Waals surface area contributed by atoms with Crippen LogP contribution in [0.4, 0.5) is 17.1 Å². The van der Waals surface area contributed by atoms with Crippen molar-refractivity contribution in [1.29, 1.82) is 0 Å². The van der Waals surface area contributed by atoms with Crippen molar-refractivity contribution in [1.82, 2.24) is 4.57 Å². The number of anilines is 3. The van der Waals surface area contributed by atoms with Crippen LogP contribution in [0, 0.1) is 0 Å². The van der Waals surface area contributed by atoms with Crippen LogP contribution in [-0.4, -0.2) is 4.57 Å². The minimum absolute atomic E-state index is 1.10. The summed E-state index contributed by atoms with van der Waals surface area (Å²) in [6, 6.07) is 87.7. The van der Waals surface area contributed by atoms with Gasteiger partial charge in [-0.2, -0.15) is 0 Å². The molecule has 0 fully saturated rings. The normalized spacial score (nSPS) is 11.3. The van der Waals surface area contributed by atoms with Crippen LogP contribution >= 0.6 is 0 Å². The predicted octanol–water partition coefficient (Wildman–Crippen LogP) is 16.1. The van der Waals surface area contributed by atoms with Crippen molar-refractivity contribution in [3.05, 3.63) is 243 Å². The standard InChI is InChI=1S/C58H40N2/c1-3-13-41(14-4-1)42-23-32-48(33-24-42)59(50-38-29-47(30-39-50)53-19-10-9-18-52(53)45-15-5-2-6-16-45)49-34-25-43(26-35-49)44-27-36-51(37-28-44)60-56-22-12-11-21-55(56)58-54-20-8-7-17-46(54)31-40-57(58)60/h1-40H. The fourth-order valence-electron chi connectivity index (χ4n) is 8.90. The smallest absolute Gasteiger partial charge is 0.0547 e. The second-order valence-electron chi connectivity index (χ2n) is 15.3. The molecular formula is C58H40N2.